The summed E-state index contributed by atoms with van der Waals surface area (Å²) in [5.74, 6) is -0.386. The number of benzene rings is 2. The summed E-state index contributed by atoms with van der Waals surface area (Å²) in [5, 5.41) is 6.55. The van der Waals surface area contributed by atoms with Crippen molar-refractivity contribution in [1.82, 2.24) is 4.57 Å². The van der Waals surface area contributed by atoms with Gasteiger partial charge in [0.15, 0.2) is 0 Å². The van der Waals surface area contributed by atoms with Gasteiger partial charge in [0.05, 0.1) is 11.4 Å². The molecular formula is C19H19N3O2. The molecule has 2 N–H and O–H groups in total. The van der Waals surface area contributed by atoms with Gasteiger partial charge in [0.1, 0.15) is 0 Å². The number of fused-ring (bicyclic) bond motifs is 1. The Bertz CT molecular complexity index is 941. The van der Waals surface area contributed by atoms with Gasteiger partial charge in [0, 0.05) is 36.6 Å². The van der Waals surface area contributed by atoms with Gasteiger partial charge in [-0.1, -0.05) is 12.1 Å². The molecule has 0 aliphatic rings. The minimum atomic E-state index is -0.205. The molecule has 0 fully saturated rings. The molecule has 0 saturated heterocycles. The highest BCUT2D eigenvalue weighted by Gasteiger charge is 2.14. The normalized spacial score (nSPS) is 10.6. The Kier molecular flexibility index (Phi) is 4.08. The summed E-state index contributed by atoms with van der Waals surface area (Å²) in [7, 11) is 1.94. The van der Waals surface area contributed by atoms with Gasteiger partial charge in [0.2, 0.25) is 5.91 Å². The molecule has 0 radical (unpaired) electrons. The Balaban J connectivity index is 1.97. The summed E-state index contributed by atoms with van der Waals surface area (Å²) >= 11 is 0. The van der Waals surface area contributed by atoms with E-state index in [-0.39, 0.29) is 11.8 Å². The number of hydrogen-bond donors (Lipinski definition) is 2. The Hall–Kier alpha value is -3.08. The van der Waals surface area contributed by atoms with Crippen molar-refractivity contribution in [2.75, 3.05) is 10.6 Å². The third kappa shape index (κ3) is 3.01. The quantitative estimate of drug-likeness (QED) is 0.772. The molecule has 0 saturated carbocycles. The monoisotopic (exact) mass is 321 g/mol. The molecule has 2 aromatic carbocycles. The van der Waals surface area contributed by atoms with E-state index >= 15 is 0 Å². The standard InChI is InChI=1S/C19H19N3O2/c1-12-7-8-16(20-13(2)23)17(11-12)21-19(24)15-5-4-6-18-14(15)9-10-22(18)3/h4-11H,1-3H3,(H,20,23)(H,21,24). The number of nitrogens with zero attached hydrogens (tertiary/aromatic N) is 1. The molecule has 5 nitrogen and oxygen atoms in total. The van der Waals surface area contributed by atoms with Crippen LogP contribution in [0.5, 0.6) is 0 Å². The third-order valence-electron chi connectivity index (χ3n) is 3.91. The molecule has 0 unspecified atom stereocenters. The minimum Gasteiger partial charge on any atom is -0.351 e. The van der Waals surface area contributed by atoms with E-state index < -0.39 is 0 Å². The van der Waals surface area contributed by atoms with E-state index in [9.17, 15) is 9.59 Å². The maximum Gasteiger partial charge on any atom is 0.256 e. The van der Waals surface area contributed by atoms with Crippen LogP contribution in [0.15, 0.2) is 48.7 Å². The number of aromatic nitrogens is 1. The largest absolute Gasteiger partial charge is 0.351 e. The lowest BCUT2D eigenvalue weighted by Crippen LogP contribution is -2.15. The summed E-state index contributed by atoms with van der Waals surface area (Å²) in [5.41, 5.74) is 3.76. The molecule has 1 aromatic heterocycles. The van der Waals surface area contributed by atoms with Gasteiger partial charge in [-0.2, -0.15) is 0 Å². The smallest absolute Gasteiger partial charge is 0.256 e. The predicted molar refractivity (Wildman–Crippen MR) is 96.4 cm³/mol. The van der Waals surface area contributed by atoms with Crippen molar-refractivity contribution in [1.29, 1.82) is 0 Å². The summed E-state index contributed by atoms with van der Waals surface area (Å²) in [6, 6.07) is 13.1. The number of hydrogen-bond acceptors (Lipinski definition) is 2. The number of carbonyl (C=O) groups is 2. The van der Waals surface area contributed by atoms with E-state index in [0.717, 1.165) is 16.5 Å². The van der Waals surface area contributed by atoms with Crippen molar-refractivity contribution in [2.45, 2.75) is 13.8 Å². The van der Waals surface area contributed by atoms with E-state index in [4.69, 9.17) is 0 Å². The molecule has 2 amide bonds. The first-order valence-corrected chi connectivity index (χ1v) is 7.69. The van der Waals surface area contributed by atoms with Crippen molar-refractivity contribution >= 4 is 34.1 Å². The summed E-state index contributed by atoms with van der Waals surface area (Å²) in [6.45, 7) is 3.38. The zero-order valence-electron chi connectivity index (χ0n) is 13.9. The van der Waals surface area contributed by atoms with Crippen LogP contribution in [0.2, 0.25) is 0 Å². The van der Waals surface area contributed by atoms with Gasteiger partial charge in [-0.15, -0.1) is 0 Å². The van der Waals surface area contributed by atoms with Gasteiger partial charge in [-0.3, -0.25) is 9.59 Å². The van der Waals surface area contributed by atoms with Gasteiger partial charge in [0.25, 0.3) is 5.91 Å². The van der Waals surface area contributed by atoms with Crippen LogP contribution in [0.3, 0.4) is 0 Å². The predicted octanol–water partition coefficient (Wildman–Crippen LogP) is 3.70. The summed E-state index contributed by atoms with van der Waals surface area (Å²) < 4.78 is 1.97. The van der Waals surface area contributed by atoms with Gasteiger partial charge in [-0.05, 0) is 42.8 Å². The zero-order valence-corrected chi connectivity index (χ0v) is 13.9. The number of carbonyl (C=O) groups excluding carboxylic acids is 2. The Labute approximate surface area is 140 Å². The van der Waals surface area contributed by atoms with Crippen molar-refractivity contribution in [3.63, 3.8) is 0 Å². The first-order chi connectivity index (χ1) is 11.5. The van der Waals surface area contributed by atoms with E-state index in [1.165, 1.54) is 6.92 Å². The average Bonchev–Trinajstić information content (AvgIpc) is 2.91. The second-order valence-electron chi connectivity index (χ2n) is 5.85. The molecule has 3 aromatic rings. The minimum absolute atomic E-state index is 0.181. The Morgan fingerprint density at radius 2 is 1.79 bits per heavy atom. The molecule has 0 spiro atoms. The lowest BCUT2D eigenvalue weighted by atomic mass is 10.1. The van der Waals surface area contributed by atoms with Crippen LogP contribution in [0.25, 0.3) is 10.9 Å². The molecule has 1 heterocycles. The Morgan fingerprint density at radius 1 is 1.00 bits per heavy atom. The molecule has 3 rings (SSSR count). The van der Waals surface area contributed by atoms with Gasteiger partial charge < -0.3 is 15.2 Å². The molecule has 5 heteroatoms. The number of aryl methyl sites for hydroxylation is 2. The van der Waals surface area contributed by atoms with Crippen LogP contribution in [-0.4, -0.2) is 16.4 Å². The zero-order chi connectivity index (χ0) is 17.3. The molecule has 0 atom stereocenters. The molecule has 0 aliphatic heterocycles. The van der Waals surface area contributed by atoms with E-state index in [1.54, 1.807) is 12.1 Å². The highest BCUT2D eigenvalue weighted by molar-refractivity contribution is 6.14. The van der Waals surface area contributed by atoms with Crippen LogP contribution < -0.4 is 10.6 Å². The SMILES string of the molecule is CC(=O)Nc1ccc(C)cc1NC(=O)c1cccc2c1ccn2C. The second-order valence-corrected chi connectivity index (χ2v) is 5.85. The van der Waals surface area contributed by atoms with Crippen LogP contribution in [0.1, 0.15) is 22.8 Å². The molecule has 0 aliphatic carbocycles. The number of nitrogens with one attached hydrogen (secondary N) is 2. The maximum atomic E-state index is 12.8. The molecule has 0 bridgehead atoms. The van der Waals surface area contributed by atoms with E-state index in [0.29, 0.717) is 16.9 Å². The molecule has 24 heavy (non-hydrogen) atoms. The van der Waals surface area contributed by atoms with Gasteiger partial charge >= 0.3 is 0 Å². The molecular weight excluding hydrogens is 302 g/mol. The van der Waals surface area contributed by atoms with Crippen LogP contribution >= 0.6 is 0 Å². The lowest BCUT2D eigenvalue weighted by molar-refractivity contribution is -0.114. The summed E-state index contributed by atoms with van der Waals surface area (Å²) in [6.07, 6.45) is 1.93. The fourth-order valence-corrected chi connectivity index (χ4v) is 2.75. The third-order valence-corrected chi connectivity index (χ3v) is 3.91. The highest BCUT2D eigenvalue weighted by atomic mass is 16.2. The topological polar surface area (TPSA) is 63.1 Å². The number of anilines is 2. The fraction of sp³-hybridized carbons (Fsp3) is 0.158. The Morgan fingerprint density at radius 3 is 2.54 bits per heavy atom. The lowest BCUT2D eigenvalue weighted by Gasteiger charge is -2.13. The van der Waals surface area contributed by atoms with Crippen molar-refractivity contribution < 1.29 is 9.59 Å². The first-order valence-electron chi connectivity index (χ1n) is 7.69. The van der Waals surface area contributed by atoms with Crippen molar-refractivity contribution in [3.8, 4) is 0 Å². The maximum absolute atomic E-state index is 12.8. The van der Waals surface area contributed by atoms with Crippen molar-refractivity contribution in [2.24, 2.45) is 7.05 Å². The molecule has 122 valence electrons. The highest BCUT2D eigenvalue weighted by Crippen LogP contribution is 2.25. The van der Waals surface area contributed by atoms with Gasteiger partial charge in [-0.25, -0.2) is 0 Å². The van der Waals surface area contributed by atoms with Crippen molar-refractivity contribution in [3.05, 3.63) is 59.8 Å². The second kappa shape index (κ2) is 6.20. The fourth-order valence-electron chi connectivity index (χ4n) is 2.75. The number of amides is 2. The van der Waals surface area contributed by atoms with Crippen LogP contribution in [0, 0.1) is 6.92 Å². The first kappa shape index (κ1) is 15.8. The van der Waals surface area contributed by atoms with E-state index in [2.05, 4.69) is 10.6 Å². The number of rotatable bonds is 3. The van der Waals surface area contributed by atoms with Crippen LogP contribution in [-0.2, 0) is 11.8 Å². The van der Waals surface area contributed by atoms with Crippen LogP contribution in [0.4, 0.5) is 11.4 Å². The summed E-state index contributed by atoms with van der Waals surface area (Å²) in [4.78, 5) is 24.1. The average molecular weight is 321 g/mol. The van der Waals surface area contributed by atoms with E-state index in [1.807, 2.05) is 55.1 Å².